The average molecular weight is 217 g/mol. The summed E-state index contributed by atoms with van der Waals surface area (Å²) in [5, 5.41) is 0. The van der Waals surface area contributed by atoms with E-state index in [0.717, 1.165) is 3.58 Å². The van der Waals surface area contributed by atoms with Gasteiger partial charge in [-0.15, -0.1) is 0 Å². The van der Waals surface area contributed by atoms with Crippen molar-refractivity contribution < 1.29 is 4.39 Å². The Kier molecular flexibility index (Phi) is 1.89. The van der Waals surface area contributed by atoms with Crippen LogP contribution < -0.4 is 3.58 Å². The fraction of sp³-hybridized carbons (Fsp3) is 0. The number of hydrogen-bond donors (Lipinski definition) is 0. The van der Waals surface area contributed by atoms with Crippen molar-refractivity contribution >= 4 is 26.1 Å². The first kappa shape index (κ1) is 6.07. The van der Waals surface area contributed by atoms with Crippen LogP contribution >= 0.6 is 0 Å². The first-order chi connectivity index (χ1) is 3.80. The van der Waals surface area contributed by atoms with Gasteiger partial charge in [0.05, 0.1) is 0 Å². The van der Waals surface area contributed by atoms with E-state index in [1.807, 2.05) is 12.1 Å². The molecular formula is C6H7FSn. The van der Waals surface area contributed by atoms with Crippen LogP contribution in [-0.2, 0) is 0 Å². The Labute approximate surface area is 60.8 Å². The van der Waals surface area contributed by atoms with Crippen molar-refractivity contribution in [1.82, 2.24) is 0 Å². The molecule has 0 aliphatic rings. The van der Waals surface area contributed by atoms with Crippen molar-refractivity contribution in [2.24, 2.45) is 0 Å². The molecule has 0 saturated heterocycles. The van der Waals surface area contributed by atoms with Crippen molar-refractivity contribution in [3.05, 3.63) is 30.1 Å². The van der Waals surface area contributed by atoms with Crippen molar-refractivity contribution in [2.45, 2.75) is 0 Å². The van der Waals surface area contributed by atoms with Crippen LogP contribution in [0.3, 0.4) is 0 Å². The van der Waals surface area contributed by atoms with Crippen molar-refractivity contribution in [1.29, 1.82) is 0 Å². The molecule has 0 radical (unpaired) electrons. The first-order valence-electron chi connectivity index (χ1n) is 2.52. The summed E-state index contributed by atoms with van der Waals surface area (Å²) in [5.74, 6) is -0.0386. The molecular weight excluding hydrogens is 210 g/mol. The van der Waals surface area contributed by atoms with E-state index < -0.39 is 0 Å². The zero-order chi connectivity index (χ0) is 5.98. The molecule has 1 rings (SSSR count). The Balaban J connectivity index is 3.13. The molecule has 0 N–H and O–H groups in total. The van der Waals surface area contributed by atoms with Gasteiger partial charge in [-0.3, -0.25) is 0 Å². The Morgan fingerprint density at radius 3 is 2.25 bits per heavy atom. The van der Waals surface area contributed by atoms with Crippen LogP contribution in [0.4, 0.5) is 4.39 Å². The molecule has 2 heteroatoms. The molecule has 8 heavy (non-hydrogen) atoms. The SMILES string of the molecule is Fc1cccc[c]1[SnH3]. The van der Waals surface area contributed by atoms with Gasteiger partial charge < -0.3 is 0 Å². The molecule has 1 aromatic rings. The van der Waals surface area contributed by atoms with E-state index in [0.29, 0.717) is 22.5 Å². The summed E-state index contributed by atoms with van der Waals surface area (Å²) in [6.45, 7) is 0. The molecule has 0 aliphatic heterocycles. The monoisotopic (exact) mass is 218 g/mol. The van der Waals surface area contributed by atoms with Gasteiger partial charge in [-0.1, -0.05) is 0 Å². The van der Waals surface area contributed by atoms with Crippen LogP contribution in [0.1, 0.15) is 0 Å². The Hall–Kier alpha value is -0.0513. The summed E-state index contributed by atoms with van der Waals surface area (Å²) >= 11 is 0.318. The first-order valence-corrected chi connectivity index (χ1v) is 5.37. The Bertz CT molecular complexity index is 165. The van der Waals surface area contributed by atoms with Crippen LogP contribution in [0, 0.1) is 5.82 Å². The van der Waals surface area contributed by atoms with Gasteiger partial charge in [-0.2, -0.15) is 0 Å². The zero-order valence-corrected chi connectivity index (χ0v) is 10.4. The summed E-state index contributed by atoms with van der Waals surface area (Å²) < 4.78 is 13.3. The molecule has 0 aromatic heterocycles. The topological polar surface area (TPSA) is 0 Å². The molecule has 0 nitrogen and oxygen atoms in total. The van der Waals surface area contributed by atoms with Gasteiger partial charge in [-0.05, 0) is 0 Å². The van der Waals surface area contributed by atoms with E-state index in [9.17, 15) is 4.39 Å². The third kappa shape index (κ3) is 1.22. The molecule has 0 spiro atoms. The van der Waals surface area contributed by atoms with Crippen LogP contribution in [0.5, 0.6) is 0 Å². The van der Waals surface area contributed by atoms with Crippen molar-refractivity contribution in [3.63, 3.8) is 0 Å². The molecule has 0 unspecified atom stereocenters. The normalized spacial score (nSPS) is 9.62. The van der Waals surface area contributed by atoms with Gasteiger partial charge in [0.2, 0.25) is 0 Å². The summed E-state index contributed by atoms with van der Waals surface area (Å²) in [5.41, 5.74) is 0. The third-order valence-corrected chi connectivity index (χ3v) is 3.39. The predicted octanol–water partition coefficient (Wildman–Crippen LogP) is -0.184. The van der Waals surface area contributed by atoms with E-state index in [2.05, 4.69) is 0 Å². The van der Waals surface area contributed by atoms with E-state index in [1.54, 1.807) is 6.07 Å². The minimum absolute atomic E-state index is 0.0386. The van der Waals surface area contributed by atoms with Crippen LogP contribution in [0.15, 0.2) is 24.3 Å². The third-order valence-electron chi connectivity index (χ3n) is 1.08. The summed E-state index contributed by atoms with van der Waals surface area (Å²) in [4.78, 5) is 0. The van der Waals surface area contributed by atoms with Gasteiger partial charge in [0, 0.05) is 0 Å². The Morgan fingerprint density at radius 1 is 1.25 bits per heavy atom. The summed E-state index contributed by atoms with van der Waals surface area (Å²) in [6, 6.07) is 6.93. The standard InChI is InChI=1S/C6H4F.Sn.3H/c7-6-4-2-1-3-5-6;;;;/h1-4H;;;;. The van der Waals surface area contributed by atoms with E-state index >= 15 is 0 Å². The summed E-state index contributed by atoms with van der Waals surface area (Å²) in [7, 11) is 0. The number of halogens is 1. The van der Waals surface area contributed by atoms with Crippen molar-refractivity contribution in [2.75, 3.05) is 0 Å². The van der Waals surface area contributed by atoms with Gasteiger partial charge in [0.1, 0.15) is 0 Å². The zero-order valence-electron chi connectivity index (χ0n) is 4.69. The second kappa shape index (κ2) is 2.48. The summed E-state index contributed by atoms with van der Waals surface area (Å²) in [6.07, 6.45) is 0. The molecule has 1 aromatic carbocycles. The molecule has 0 heterocycles. The Morgan fingerprint density at radius 2 is 1.88 bits per heavy atom. The van der Waals surface area contributed by atoms with E-state index in [1.165, 1.54) is 6.07 Å². The molecule has 0 bridgehead atoms. The van der Waals surface area contributed by atoms with Gasteiger partial charge in [0.15, 0.2) is 0 Å². The quantitative estimate of drug-likeness (QED) is 0.528. The minimum atomic E-state index is -0.0386. The maximum absolute atomic E-state index is 12.4. The van der Waals surface area contributed by atoms with Crippen LogP contribution in [0.2, 0.25) is 0 Å². The molecule has 0 amide bonds. The number of hydrogen-bond acceptors (Lipinski definition) is 0. The maximum atomic E-state index is 12.4. The second-order valence-electron chi connectivity index (χ2n) is 1.75. The van der Waals surface area contributed by atoms with Crippen molar-refractivity contribution in [3.8, 4) is 0 Å². The second-order valence-corrected chi connectivity index (χ2v) is 4.82. The predicted molar refractivity (Wildman–Crippen MR) is 36.0 cm³/mol. The van der Waals surface area contributed by atoms with E-state index in [-0.39, 0.29) is 5.82 Å². The number of benzene rings is 1. The molecule has 0 saturated carbocycles. The molecule has 0 atom stereocenters. The fourth-order valence-corrected chi connectivity index (χ4v) is 1.58. The van der Waals surface area contributed by atoms with Gasteiger partial charge >= 0.3 is 60.6 Å². The van der Waals surface area contributed by atoms with Crippen LogP contribution in [0.25, 0.3) is 0 Å². The van der Waals surface area contributed by atoms with Crippen LogP contribution in [-0.4, -0.2) is 22.5 Å². The number of rotatable bonds is 0. The molecule has 0 aliphatic carbocycles. The van der Waals surface area contributed by atoms with E-state index in [4.69, 9.17) is 0 Å². The van der Waals surface area contributed by atoms with Gasteiger partial charge in [0.25, 0.3) is 0 Å². The molecule has 42 valence electrons. The van der Waals surface area contributed by atoms with Gasteiger partial charge in [-0.25, -0.2) is 0 Å². The average Bonchev–Trinajstić information content (AvgIpc) is 1.77. The fourth-order valence-electron chi connectivity index (χ4n) is 0.551. The molecule has 0 fully saturated rings.